The summed E-state index contributed by atoms with van der Waals surface area (Å²) in [6.45, 7) is 6.55. The van der Waals surface area contributed by atoms with Crippen molar-refractivity contribution in [1.82, 2.24) is 0 Å². The molecule has 3 heteroatoms. The van der Waals surface area contributed by atoms with Gasteiger partial charge in [-0.1, -0.05) is 63.2 Å². The van der Waals surface area contributed by atoms with Crippen LogP contribution in [0.3, 0.4) is 0 Å². The molecule has 0 unspecified atom stereocenters. The minimum absolute atomic E-state index is 0.121. The van der Waals surface area contributed by atoms with Gasteiger partial charge in [-0.05, 0) is 59.0 Å². The Balaban J connectivity index is 1.56. The number of benzene rings is 3. The third-order valence-corrected chi connectivity index (χ3v) is 4.30. The van der Waals surface area contributed by atoms with E-state index >= 15 is 0 Å². The monoisotopic (exact) mass is 371 g/mol. The molecule has 0 spiro atoms. The molecule has 0 saturated heterocycles. The Hall–Kier alpha value is -3.33. The first-order chi connectivity index (χ1) is 13.4. The number of anilines is 1. The Morgan fingerprint density at radius 2 is 1.43 bits per heavy atom. The predicted octanol–water partition coefficient (Wildman–Crippen LogP) is 6.43. The van der Waals surface area contributed by atoms with Gasteiger partial charge in [-0.15, -0.1) is 0 Å². The Bertz CT molecular complexity index is 935. The molecular weight excluding hydrogens is 346 g/mol. The van der Waals surface area contributed by atoms with E-state index in [2.05, 4.69) is 38.2 Å². The fraction of sp³-hybridized carbons (Fsp3) is 0.160. The first-order valence-electron chi connectivity index (χ1n) is 9.33. The van der Waals surface area contributed by atoms with Crippen LogP contribution in [0.15, 0.2) is 84.9 Å². The van der Waals surface area contributed by atoms with Crippen LogP contribution in [0, 0.1) is 0 Å². The SMILES string of the molecule is CC(C)(C)c1ccc(/C=C/C(=O)Nc2ccc(Oc3ccccc3)cc2)cc1. The summed E-state index contributed by atoms with van der Waals surface area (Å²) in [6, 6.07) is 25.1. The minimum atomic E-state index is -0.170. The Morgan fingerprint density at radius 1 is 0.821 bits per heavy atom. The van der Waals surface area contributed by atoms with Crippen molar-refractivity contribution in [3.8, 4) is 11.5 Å². The quantitative estimate of drug-likeness (QED) is 0.525. The van der Waals surface area contributed by atoms with E-state index in [1.54, 1.807) is 6.08 Å². The second-order valence-electron chi connectivity index (χ2n) is 7.63. The van der Waals surface area contributed by atoms with Crippen molar-refractivity contribution >= 4 is 17.7 Å². The molecule has 0 heterocycles. The van der Waals surface area contributed by atoms with Crippen molar-refractivity contribution in [1.29, 1.82) is 0 Å². The van der Waals surface area contributed by atoms with E-state index in [1.807, 2.05) is 72.8 Å². The fourth-order valence-electron chi connectivity index (χ4n) is 2.68. The van der Waals surface area contributed by atoms with Gasteiger partial charge in [-0.25, -0.2) is 0 Å². The molecule has 3 aromatic rings. The lowest BCUT2D eigenvalue weighted by molar-refractivity contribution is -0.111. The molecule has 0 aliphatic heterocycles. The number of amides is 1. The lowest BCUT2D eigenvalue weighted by Gasteiger charge is -2.18. The summed E-state index contributed by atoms with van der Waals surface area (Å²) in [4.78, 5) is 12.2. The summed E-state index contributed by atoms with van der Waals surface area (Å²) in [5.74, 6) is 1.33. The zero-order valence-corrected chi connectivity index (χ0v) is 16.5. The third-order valence-electron chi connectivity index (χ3n) is 4.30. The molecule has 1 amide bonds. The van der Waals surface area contributed by atoms with Crippen LogP contribution in [0.4, 0.5) is 5.69 Å². The topological polar surface area (TPSA) is 38.3 Å². The van der Waals surface area contributed by atoms with Gasteiger partial charge in [0.2, 0.25) is 5.91 Å². The average molecular weight is 371 g/mol. The van der Waals surface area contributed by atoms with Gasteiger partial charge in [0, 0.05) is 11.8 Å². The number of para-hydroxylation sites is 1. The van der Waals surface area contributed by atoms with Crippen molar-refractivity contribution in [2.45, 2.75) is 26.2 Å². The van der Waals surface area contributed by atoms with Crippen molar-refractivity contribution in [2.75, 3.05) is 5.32 Å². The molecule has 3 rings (SSSR count). The van der Waals surface area contributed by atoms with Crippen molar-refractivity contribution in [3.63, 3.8) is 0 Å². The number of nitrogens with one attached hydrogen (secondary N) is 1. The molecule has 0 atom stereocenters. The van der Waals surface area contributed by atoms with Crippen LogP contribution in [0.25, 0.3) is 6.08 Å². The molecule has 1 N–H and O–H groups in total. The molecule has 142 valence electrons. The summed E-state index contributed by atoms with van der Waals surface area (Å²) < 4.78 is 5.75. The highest BCUT2D eigenvalue weighted by Crippen LogP contribution is 2.23. The van der Waals surface area contributed by atoms with Gasteiger partial charge in [0.1, 0.15) is 11.5 Å². The Labute approximate surface area is 166 Å². The van der Waals surface area contributed by atoms with E-state index in [1.165, 1.54) is 5.56 Å². The number of hydrogen-bond donors (Lipinski definition) is 1. The van der Waals surface area contributed by atoms with Crippen LogP contribution < -0.4 is 10.1 Å². The third kappa shape index (κ3) is 5.58. The molecule has 0 aromatic heterocycles. The largest absolute Gasteiger partial charge is 0.457 e. The molecular formula is C25H25NO2. The fourth-order valence-corrected chi connectivity index (χ4v) is 2.68. The number of carbonyl (C=O) groups is 1. The van der Waals surface area contributed by atoms with Gasteiger partial charge in [-0.2, -0.15) is 0 Å². The summed E-state index contributed by atoms with van der Waals surface area (Å²) in [6.07, 6.45) is 3.36. The molecule has 0 aliphatic carbocycles. The molecule has 0 fully saturated rings. The maximum absolute atomic E-state index is 12.2. The van der Waals surface area contributed by atoms with Gasteiger partial charge in [0.05, 0.1) is 0 Å². The van der Waals surface area contributed by atoms with Crippen LogP contribution in [0.1, 0.15) is 31.9 Å². The zero-order chi connectivity index (χ0) is 20.0. The van der Waals surface area contributed by atoms with Crippen molar-refractivity contribution < 1.29 is 9.53 Å². The molecule has 0 aliphatic rings. The maximum atomic E-state index is 12.2. The highest BCUT2D eigenvalue weighted by atomic mass is 16.5. The number of ether oxygens (including phenoxy) is 1. The van der Waals surface area contributed by atoms with Gasteiger partial charge in [0.15, 0.2) is 0 Å². The summed E-state index contributed by atoms with van der Waals surface area (Å²) in [5.41, 5.74) is 3.11. The highest BCUT2D eigenvalue weighted by molar-refractivity contribution is 6.01. The summed E-state index contributed by atoms with van der Waals surface area (Å²) in [5, 5.41) is 2.86. The average Bonchev–Trinajstić information content (AvgIpc) is 2.68. The molecule has 3 nitrogen and oxygen atoms in total. The summed E-state index contributed by atoms with van der Waals surface area (Å²) >= 11 is 0. The van der Waals surface area contributed by atoms with Crippen LogP contribution >= 0.6 is 0 Å². The molecule has 0 saturated carbocycles. The van der Waals surface area contributed by atoms with Gasteiger partial charge < -0.3 is 10.1 Å². The van der Waals surface area contributed by atoms with E-state index in [-0.39, 0.29) is 11.3 Å². The molecule has 3 aromatic carbocycles. The summed E-state index contributed by atoms with van der Waals surface area (Å²) in [7, 11) is 0. The van der Waals surface area contributed by atoms with Gasteiger partial charge in [0.25, 0.3) is 0 Å². The van der Waals surface area contributed by atoms with Crippen LogP contribution in [-0.4, -0.2) is 5.91 Å². The number of rotatable bonds is 5. The van der Waals surface area contributed by atoms with Crippen LogP contribution in [0.2, 0.25) is 0 Å². The van der Waals surface area contributed by atoms with Crippen molar-refractivity contribution in [3.05, 3.63) is 96.1 Å². The second-order valence-corrected chi connectivity index (χ2v) is 7.63. The molecule has 0 radical (unpaired) electrons. The maximum Gasteiger partial charge on any atom is 0.248 e. The predicted molar refractivity (Wildman–Crippen MR) is 116 cm³/mol. The number of hydrogen-bond acceptors (Lipinski definition) is 2. The number of carbonyl (C=O) groups excluding carboxylic acids is 1. The smallest absolute Gasteiger partial charge is 0.248 e. The first kappa shape index (κ1) is 19.4. The minimum Gasteiger partial charge on any atom is -0.457 e. The standard InChI is InChI=1S/C25H25NO2/c1-25(2,3)20-12-9-19(10-13-20)11-18-24(27)26-21-14-16-23(17-15-21)28-22-7-5-4-6-8-22/h4-18H,1-3H3,(H,26,27)/b18-11+. The van der Waals surface area contributed by atoms with Gasteiger partial charge >= 0.3 is 0 Å². The molecule has 0 bridgehead atoms. The normalized spacial score (nSPS) is 11.4. The van der Waals surface area contributed by atoms with E-state index in [0.29, 0.717) is 0 Å². The molecule has 28 heavy (non-hydrogen) atoms. The van der Waals surface area contributed by atoms with E-state index < -0.39 is 0 Å². The van der Waals surface area contributed by atoms with Crippen LogP contribution in [0.5, 0.6) is 11.5 Å². The Morgan fingerprint density at radius 3 is 2.04 bits per heavy atom. The Kier molecular flexibility index (Phi) is 5.95. The van der Waals surface area contributed by atoms with E-state index in [0.717, 1.165) is 22.7 Å². The van der Waals surface area contributed by atoms with Gasteiger partial charge in [-0.3, -0.25) is 4.79 Å². The van der Waals surface area contributed by atoms with E-state index in [4.69, 9.17) is 4.74 Å². The lowest BCUT2D eigenvalue weighted by atomic mass is 9.87. The highest BCUT2D eigenvalue weighted by Gasteiger charge is 2.12. The van der Waals surface area contributed by atoms with E-state index in [9.17, 15) is 4.79 Å². The van der Waals surface area contributed by atoms with Crippen LogP contribution in [-0.2, 0) is 10.2 Å². The van der Waals surface area contributed by atoms with Crippen molar-refractivity contribution in [2.24, 2.45) is 0 Å². The second kappa shape index (κ2) is 8.57. The first-order valence-corrected chi connectivity index (χ1v) is 9.33. The zero-order valence-electron chi connectivity index (χ0n) is 16.5. The lowest BCUT2D eigenvalue weighted by Crippen LogP contribution is -2.10.